The van der Waals surface area contributed by atoms with E-state index in [9.17, 15) is 4.79 Å². The summed E-state index contributed by atoms with van der Waals surface area (Å²) in [5.74, 6) is 1.31. The lowest BCUT2D eigenvalue weighted by molar-refractivity contribution is 0.0955. The molecular formula is C22H20N2O2. The monoisotopic (exact) mass is 344 g/mol. The van der Waals surface area contributed by atoms with E-state index in [1.807, 2.05) is 80.6 Å². The lowest BCUT2D eigenvalue weighted by Crippen LogP contribution is -2.19. The number of carbonyl (C=O) groups excluding carboxylic acids is 1. The smallest absolute Gasteiger partial charge is 0.271 e. The molecule has 0 aliphatic carbocycles. The fourth-order valence-corrected chi connectivity index (χ4v) is 2.36. The summed E-state index contributed by atoms with van der Waals surface area (Å²) < 4.78 is 5.77. The third-order valence-corrected chi connectivity index (χ3v) is 3.89. The Kier molecular flexibility index (Phi) is 5.44. The van der Waals surface area contributed by atoms with Gasteiger partial charge in [-0.05, 0) is 67.9 Å². The topological polar surface area (TPSA) is 50.7 Å². The number of hydrogen-bond donors (Lipinski definition) is 1. The second kappa shape index (κ2) is 8.12. The van der Waals surface area contributed by atoms with Gasteiger partial charge < -0.3 is 4.74 Å². The molecule has 0 radical (unpaired) electrons. The Hall–Kier alpha value is -3.40. The van der Waals surface area contributed by atoms with Crippen LogP contribution in [0.3, 0.4) is 0 Å². The van der Waals surface area contributed by atoms with Crippen molar-refractivity contribution in [3.8, 4) is 11.5 Å². The number of hydrazone groups is 1. The zero-order chi connectivity index (χ0) is 18.4. The Morgan fingerprint density at radius 3 is 2.04 bits per heavy atom. The van der Waals surface area contributed by atoms with Gasteiger partial charge in [0, 0.05) is 5.56 Å². The number of ether oxygens (including phenoxy) is 1. The lowest BCUT2D eigenvalue weighted by atomic mass is 10.1. The molecular weight excluding hydrogens is 324 g/mol. The van der Waals surface area contributed by atoms with Gasteiger partial charge in [0.25, 0.3) is 5.91 Å². The van der Waals surface area contributed by atoms with Crippen LogP contribution in [0.1, 0.15) is 28.4 Å². The maximum Gasteiger partial charge on any atom is 0.271 e. The van der Waals surface area contributed by atoms with Gasteiger partial charge in [-0.1, -0.05) is 35.9 Å². The molecule has 0 saturated carbocycles. The van der Waals surface area contributed by atoms with E-state index in [1.54, 1.807) is 12.1 Å². The molecule has 0 spiro atoms. The second-order valence-corrected chi connectivity index (χ2v) is 5.94. The van der Waals surface area contributed by atoms with Gasteiger partial charge in [0.1, 0.15) is 11.5 Å². The summed E-state index contributed by atoms with van der Waals surface area (Å²) in [5.41, 5.74) is 5.91. The van der Waals surface area contributed by atoms with E-state index in [0.29, 0.717) is 5.56 Å². The Morgan fingerprint density at radius 2 is 1.38 bits per heavy atom. The minimum atomic E-state index is -0.228. The molecule has 0 aliphatic rings. The predicted molar refractivity (Wildman–Crippen MR) is 104 cm³/mol. The quantitative estimate of drug-likeness (QED) is 0.526. The van der Waals surface area contributed by atoms with E-state index in [1.165, 1.54) is 0 Å². The number of hydrogen-bond acceptors (Lipinski definition) is 3. The lowest BCUT2D eigenvalue weighted by Gasteiger charge is -2.07. The summed E-state index contributed by atoms with van der Waals surface area (Å²) in [6, 6.07) is 24.6. The van der Waals surface area contributed by atoms with Crippen molar-refractivity contribution in [2.24, 2.45) is 5.10 Å². The third kappa shape index (κ3) is 4.57. The van der Waals surface area contributed by atoms with E-state index in [0.717, 1.165) is 28.3 Å². The number of amides is 1. The Bertz CT molecular complexity index is 899. The van der Waals surface area contributed by atoms with Crippen molar-refractivity contribution >= 4 is 11.6 Å². The molecule has 0 heterocycles. The molecule has 0 saturated heterocycles. The molecule has 0 aromatic heterocycles. The van der Waals surface area contributed by atoms with Crippen LogP contribution in [-0.4, -0.2) is 11.6 Å². The van der Waals surface area contributed by atoms with Crippen LogP contribution in [0.15, 0.2) is 84.0 Å². The molecule has 3 aromatic rings. The summed E-state index contributed by atoms with van der Waals surface area (Å²) in [4.78, 5) is 12.1. The summed E-state index contributed by atoms with van der Waals surface area (Å²) in [6.07, 6.45) is 0. The molecule has 1 N–H and O–H groups in total. The molecule has 26 heavy (non-hydrogen) atoms. The van der Waals surface area contributed by atoms with Crippen LogP contribution in [0.2, 0.25) is 0 Å². The number of nitrogens with zero attached hydrogens (tertiary/aromatic N) is 1. The predicted octanol–water partition coefficient (Wildman–Crippen LogP) is 4.94. The average Bonchev–Trinajstić information content (AvgIpc) is 2.68. The number of para-hydroxylation sites is 1. The van der Waals surface area contributed by atoms with E-state index in [-0.39, 0.29) is 5.91 Å². The first-order valence-electron chi connectivity index (χ1n) is 8.36. The van der Waals surface area contributed by atoms with Crippen LogP contribution in [0.25, 0.3) is 0 Å². The molecule has 0 atom stereocenters. The third-order valence-electron chi connectivity index (χ3n) is 3.89. The van der Waals surface area contributed by atoms with E-state index >= 15 is 0 Å². The summed E-state index contributed by atoms with van der Waals surface area (Å²) >= 11 is 0. The Morgan fingerprint density at radius 1 is 0.808 bits per heavy atom. The Labute approximate surface area is 153 Å². The number of benzene rings is 3. The first-order chi connectivity index (χ1) is 12.6. The molecule has 0 aliphatic heterocycles. The highest BCUT2D eigenvalue weighted by Crippen LogP contribution is 2.21. The van der Waals surface area contributed by atoms with Crippen molar-refractivity contribution < 1.29 is 9.53 Å². The summed E-state index contributed by atoms with van der Waals surface area (Å²) in [7, 11) is 0. The molecule has 4 heteroatoms. The van der Waals surface area contributed by atoms with Crippen LogP contribution in [0, 0.1) is 6.92 Å². The van der Waals surface area contributed by atoms with Crippen molar-refractivity contribution in [3.05, 3.63) is 95.6 Å². The van der Waals surface area contributed by atoms with Gasteiger partial charge in [0.2, 0.25) is 0 Å². The van der Waals surface area contributed by atoms with Gasteiger partial charge in [-0.15, -0.1) is 0 Å². The first-order valence-corrected chi connectivity index (χ1v) is 8.36. The zero-order valence-corrected chi connectivity index (χ0v) is 14.8. The van der Waals surface area contributed by atoms with Crippen molar-refractivity contribution in [2.75, 3.05) is 0 Å². The summed E-state index contributed by atoms with van der Waals surface area (Å²) in [5, 5.41) is 4.18. The van der Waals surface area contributed by atoms with E-state index < -0.39 is 0 Å². The molecule has 4 nitrogen and oxygen atoms in total. The van der Waals surface area contributed by atoms with Gasteiger partial charge in [0.15, 0.2) is 0 Å². The van der Waals surface area contributed by atoms with Gasteiger partial charge in [-0.25, -0.2) is 5.43 Å². The second-order valence-electron chi connectivity index (χ2n) is 5.94. The van der Waals surface area contributed by atoms with Gasteiger partial charge in [-0.2, -0.15) is 5.10 Å². The highest BCUT2D eigenvalue weighted by Gasteiger charge is 2.05. The standard InChI is InChI=1S/C22H20N2O2/c1-16-8-10-19(11-9-16)22(25)24-23-17(2)18-12-14-21(15-13-18)26-20-6-4-3-5-7-20/h3-15H,1-2H3,(H,24,25)/b23-17-. The van der Waals surface area contributed by atoms with Crippen LogP contribution >= 0.6 is 0 Å². The maximum atomic E-state index is 12.1. The van der Waals surface area contributed by atoms with Crippen LogP contribution < -0.4 is 10.2 Å². The van der Waals surface area contributed by atoms with E-state index in [2.05, 4.69) is 10.5 Å². The van der Waals surface area contributed by atoms with Crippen LogP contribution in [0.4, 0.5) is 0 Å². The molecule has 3 rings (SSSR count). The SMILES string of the molecule is C/C(=N/NC(=O)c1ccc(C)cc1)c1ccc(Oc2ccccc2)cc1. The maximum absolute atomic E-state index is 12.1. The minimum absolute atomic E-state index is 0.228. The fourth-order valence-electron chi connectivity index (χ4n) is 2.36. The van der Waals surface area contributed by atoms with Crippen molar-refractivity contribution in [3.63, 3.8) is 0 Å². The first kappa shape index (κ1) is 17.4. The number of carbonyl (C=O) groups is 1. The molecule has 1 amide bonds. The summed E-state index contributed by atoms with van der Waals surface area (Å²) in [6.45, 7) is 3.83. The largest absolute Gasteiger partial charge is 0.457 e. The highest BCUT2D eigenvalue weighted by atomic mass is 16.5. The molecule has 3 aromatic carbocycles. The fraction of sp³-hybridized carbons (Fsp3) is 0.0909. The zero-order valence-electron chi connectivity index (χ0n) is 14.8. The minimum Gasteiger partial charge on any atom is -0.457 e. The van der Waals surface area contributed by atoms with E-state index in [4.69, 9.17) is 4.74 Å². The number of rotatable bonds is 5. The van der Waals surface area contributed by atoms with Crippen LogP contribution in [-0.2, 0) is 0 Å². The normalized spacial score (nSPS) is 11.1. The Balaban J connectivity index is 1.63. The molecule has 0 bridgehead atoms. The van der Waals surface area contributed by atoms with Gasteiger partial charge in [0.05, 0.1) is 5.71 Å². The van der Waals surface area contributed by atoms with Crippen molar-refractivity contribution in [1.82, 2.24) is 5.43 Å². The molecule has 0 unspecified atom stereocenters. The molecule has 0 fully saturated rings. The highest BCUT2D eigenvalue weighted by molar-refractivity contribution is 6.00. The average molecular weight is 344 g/mol. The van der Waals surface area contributed by atoms with Crippen LogP contribution in [0.5, 0.6) is 11.5 Å². The van der Waals surface area contributed by atoms with Gasteiger partial charge in [-0.3, -0.25) is 4.79 Å². The number of aryl methyl sites for hydroxylation is 1. The molecule has 130 valence electrons. The van der Waals surface area contributed by atoms with Crippen molar-refractivity contribution in [2.45, 2.75) is 13.8 Å². The van der Waals surface area contributed by atoms with Gasteiger partial charge >= 0.3 is 0 Å². The van der Waals surface area contributed by atoms with Crippen molar-refractivity contribution in [1.29, 1.82) is 0 Å². The number of nitrogens with one attached hydrogen (secondary N) is 1.